The van der Waals surface area contributed by atoms with Crippen molar-refractivity contribution in [2.24, 2.45) is 0 Å². The zero-order chi connectivity index (χ0) is 15.3. The molecule has 2 atom stereocenters. The van der Waals surface area contributed by atoms with E-state index in [9.17, 15) is 9.59 Å². The summed E-state index contributed by atoms with van der Waals surface area (Å²) < 4.78 is 5.42. The predicted molar refractivity (Wildman–Crippen MR) is 75.8 cm³/mol. The Labute approximate surface area is 117 Å². The van der Waals surface area contributed by atoms with Gasteiger partial charge in [0.25, 0.3) is 5.91 Å². The number of rotatable bonds is 6. The maximum absolute atomic E-state index is 11.9. The lowest BCUT2D eigenvalue weighted by Crippen LogP contribution is -2.41. The molecule has 0 aliphatic heterocycles. The number of nitrogens with two attached hydrogens (primary N) is 1. The van der Waals surface area contributed by atoms with Crippen molar-refractivity contribution in [2.75, 3.05) is 5.73 Å². The summed E-state index contributed by atoms with van der Waals surface area (Å²) in [7, 11) is 0. The number of carbonyl (C=O) groups excluding carboxylic acids is 1. The lowest BCUT2D eigenvalue weighted by atomic mass is 10.1. The van der Waals surface area contributed by atoms with Crippen LogP contribution in [0.4, 0.5) is 5.69 Å². The van der Waals surface area contributed by atoms with Gasteiger partial charge in [0.15, 0.2) is 6.10 Å². The fourth-order valence-electron chi connectivity index (χ4n) is 1.58. The van der Waals surface area contributed by atoms with E-state index in [1.165, 1.54) is 12.1 Å². The van der Waals surface area contributed by atoms with Crippen LogP contribution in [-0.2, 0) is 4.79 Å². The van der Waals surface area contributed by atoms with Crippen LogP contribution in [0.15, 0.2) is 18.2 Å². The monoisotopic (exact) mass is 280 g/mol. The Morgan fingerprint density at radius 2 is 2.05 bits per heavy atom. The number of amides is 1. The molecule has 110 valence electrons. The Morgan fingerprint density at radius 3 is 2.60 bits per heavy atom. The van der Waals surface area contributed by atoms with E-state index < -0.39 is 12.1 Å². The minimum atomic E-state index is -1.19. The summed E-state index contributed by atoms with van der Waals surface area (Å²) in [5.74, 6) is -1.39. The first kappa shape index (κ1) is 15.8. The molecule has 0 aromatic heterocycles. The number of nitrogens with one attached hydrogen (secondary N) is 1. The molecule has 6 nitrogen and oxygen atoms in total. The Bertz CT molecular complexity index is 502. The lowest BCUT2D eigenvalue weighted by Gasteiger charge is -2.19. The smallest absolute Gasteiger partial charge is 0.341 e. The summed E-state index contributed by atoms with van der Waals surface area (Å²) in [4.78, 5) is 23.0. The van der Waals surface area contributed by atoms with Gasteiger partial charge in [0.2, 0.25) is 0 Å². The molecule has 0 aliphatic carbocycles. The molecule has 4 N–H and O–H groups in total. The van der Waals surface area contributed by atoms with Crippen LogP contribution in [0.1, 0.15) is 37.6 Å². The number of nitrogen functional groups attached to an aromatic ring is 1. The quantitative estimate of drug-likeness (QED) is 0.688. The summed E-state index contributed by atoms with van der Waals surface area (Å²) in [6.45, 7) is 5.40. The maximum atomic E-state index is 11.9. The van der Waals surface area contributed by atoms with Crippen molar-refractivity contribution < 1.29 is 19.4 Å². The van der Waals surface area contributed by atoms with E-state index in [-0.39, 0.29) is 28.9 Å². The van der Waals surface area contributed by atoms with Crippen LogP contribution in [0.25, 0.3) is 0 Å². The number of carboxylic acid groups (broad SMARTS) is 1. The average Bonchev–Trinajstić information content (AvgIpc) is 2.37. The average molecular weight is 280 g/mol. The molecule has 0 saturated carbocycles. The molecule has 6 heteroatoms. The normalized spacial score (nSPS) is 13.3. The third-order valence-corrected chi connectivity index (χ3v) is 2.95. The summed E-state index contributed by atoms with van der Waals surface area (Å²) >= 11 is 0. The minimum absolute atomic E-state index is 0.0355. The second-order valence-corrected chi connectivity index (χ2v) is 4.60. The molecule has 1 rings (SSSR count). The summed E-state index contributed by atoms with van der Waals surface area (Å²) in [5, 5.41) is 11.9. The lowest BCUT2D eigenvalue weighted by molar-refractivity contribution is -0.127. The third kappa shape index (κ3) is 3.88. The fourth-order valence-corrected chi connectivity index (χ4v) is 1.58. The van der Waals surface area contributed by atoms with Crippen LogP contribution in [0.2, 0.25) is 0 Å². The van der Waals surface area contributed by atoms with Crippen LogP contribution < -0.4 is 15.8 Å². The number of hydrogen-bond donors (Lipinski definition) is 3. The molecule has 0 heterocycles. The van der Waals surface area contributed by atoms with Crippen molar-refractivity contribution in [1.82, 2.24) is 5.32 Å². The maximum Gasteiger partial charge on any atom is 0.341 e. The molecule has 0 spiro atoms. The van der Waals surface area contributed by atoms with Gasteiger partial charge in [-0.25, -0.2) is 4.79 Å². The van der Waals surface area contributed by atoms with Gasteiger partial charge >= 0.3 is 5.97 Å². The summed E-state index contributed by atoms with van der Waals surface area (Å²) in [5.41, 5.74) is 5.59. The number of aromatic carboxylic acids is 1. The molecule has 0 aliphatic rings. The summed E-state index contributed by atoms with van der Waals surface area (Å²) in [6, 6.07) is 4.57. The number of benzene rings is 1. The first-order valence-electron chi connectivity index (χ1n) is 6.45. The Morgan fingerprint density at radius 1 is 1.40 bits per heavy atom. The third-order valence-electron chi connectivity index (χ3n) is 2.95. The van der Waals surface area contributed by atoms with E-state index in [2.05, 4.69) is 5.32 Å². The number of carboxylic acids is 1. The number of hydrogen-bond acceptors (Lipinski definition) is 4. The zero-order valence-electron chi connectivity index (χ0n) is 11.8. The van der Waals surface area contributed by atoms with Crippen molar-refractivity contribution in [3.63, 3.8) is 0 Å². The van der Waals surface area contributed by atoms with Gasteiger partial charge in [-0.05, 0) is 32.4 Å². The van der Waals surface area contributed by atoms with Gasteiger partial charge in [-0.1, -0.05) is 13.0 Å². The van der Waals surface area contributed by atoms with Gasteiger partial charge in [0.1, 0.15) is 11.3 Å². The van der Waals surface area contributed by atoms with Gasteiger partial charge in [-0.15, -0.1) is 0 Å². The van der Waals surface area contributed by atoms with Crippen molar-refractivity contribution in [3.05, 3.63) is 23.8 Å². The van der Waals surface area contributed by atoms with Crippen molar-refractivity contribution in [2.45, 2.75) is 39.3 Å². The number of anilines is 1. The van der Waals surface area contributed by atoms with E-state index in [4.69, 9.17) is 15.6 Å². The van der Waals surface area contributed by atoms with E-state index in [0.717, 1.165) is 6.42 Å². The molecule has 1 amide bonds. The molecular weight excluding hydrogens is 260 g/mol. The molecule has 0 radical (unpaired) electrons. The highest BCUT2D eigenvalue weighted by Gasteiger charge is 2.21. The van der Waals surface area contributed by atoms with Crippen LogP contribution in [0.5, 0.6) is 5.75 Å². The highest BCUT2D eigenvalue weighted by molar-refractivity contribution is 5.97. The highest BCUT2D eigenvalue weighted by atomic mass is 16.5. The summed E-state index contributed by atoms with van der Waals surface area (Å²) in [6.07, 6.45) is 0.000755. The second-order valence-electron chi connectivity index (χ2n) is 4.60. The van der Waals surface area contributed by atoms with Gasteiger partial charge in [0, 0.05) is 11.7 Å². The predicted octanol–water partition coefficient (Wildman–Crippen LogP) is 1.65. The molecule has 20 heavy (non-hydrogen) atoms. The molecule has 2 unspecified atom stereocenters. The first-order chi connectivity index (χ1) is 9.36. The topological polar surface area (TPSA) is 102 Å². The van der Waals surface area contributed by atoms with Crippen molar-refractivity contribution >= 4 is 17.6 Å². The molecule has 0 saturated heterocycles. The van der Waals surface area contributed by atoms with Crippen LogP contribution in [-0.4, -0.2) is 29.1 Å². The standard InChI is InChI=1S/C14H20N2O4/c1-4-8(2)16-13(17)9(3)20-11-7-5-6-10(15)12(11)14(18)19/h5-9H,4,15H2,1-3H3,(H,16,17)(H,18,19). The van der Waals surface area contributed by atoms with Crippen molar-refractivity contribution in [3.8, 4) is 5.75 Å². The largest absolute Gasteiger partial charge is 0.480 e. The van der Waals surface area contributed by atoms with Crippen molar-refractivity contribution in [1.29, 1.82) is 0 Å². The van der Waals surface area contributed by atoms with Crippen LogP contribution >= 0.6 is 0 Å². The van der Waals surface area contributed by atoms with Crippen LogP contribution in [0, 0.1) is 0 Å². The first-order valence-corrected chi connectivity index (χ1v) is 6.45. The zero-order valence-corrected chi connectivity index (χ0v) is 11.8. The van der Waals surface area contributed by atoms with E-state index in [1.807, 2.05) is 13.8 Å². The number of carbonyl (C=O) groups is 2. The molecule has 0 fully saturated rings. The Hall–Kier alpha value is -2.24. The number of ether oxygens (including phenoxy) is 1. The molecular formula is C14H20N2O4. The molecule has 1 aromatic rings. The van der Waals surface area contributed by atoms with E-state index in [1.54, 1.807) is 13.0 Å². The highest BCUT2D eigenvalue weighted by Crippen LogP contribution is 2.25. The SMILES string of the molecule is CCC(C)NC(=O)C(C)Oc1cccc(N)c1C(=O)O. The Balaban J connectivity index is 2.86. The Kier molecular flexibility index (Phi) is 5.37. The van der Waals surface area contributed by atoms with Gasteiger partial charge in [-0.3, -0.25) is 4.79 Å². The fraction of sp³-hybridized carbons (Fsp3) is 0.429. The minimum Gasteiger partial charge on any atom is -0.480 e. The van der Waals surface area contributed by atoms with Gasteiger partial charge < -0.3 is 20.9 Å². The second kappa shape index (κ2) is 6.79. The van der Waals surface area contributed by atoms with E-state index in [0.29, 0.717) is 0 Å². The van der Waals surface area contributed by atoms with E-state index >= 15 is 0 Å². The van der Waals surface area contributed by atoms with Gasteiger partial charge in [0.05, 0.1) is 0 Å². The molecule has 0 bridgehead atoms. The van der Waals surface area contributed by atoms with Crippen LogP contribution in [0.3, 0.4) is 0 Å². The van der Waals surface area contributed by atoms with Gasteiger partial charge in [-0.2, -0.15) is 0 Å². The molecule has 1 aromatic carbocycles.